The van der Waals surface area contributed by atoms with Crippen LogP contribution in [0, 0.1) is 0 Å². The number of methoxy groups -OCH3 is 1. The van der Waals surface area contributed by atoms with Gasteiger partial charge in [0.25, 0.3) is 0 Å². The van der Waals surface area contributed by atoms with Gasteiger partial charge < -0.3 is 24.7 Å². The average Bonchev–Trinajstić information content (AvgIpc) is 3.10. The molecule has 0 spiro atoms. The number of ether oxygens (including phenoxy) is 2. The number of hydrogen-bond acceptors (Lipinski definition) is 5. The third-order valence-corrected chi connectivity index (χ3v) is 4.91. The minimum Gasteiger partial charge on any atom is -0.545 e. The van der Waals surface area contributed by atoms with E-state index in [1.54, 1.807) is 7.11 Å². The zero-order valence-electron chi connectivity index (χ0n) is 15.3. The van der Waals surface area contributed by atoms with Gasteiger partial charge in [0, 0.05) is 12.7 Å². The maximum atomic E-state index is 12.5. The molecule has 1 aliphatic heterocycles. The number of carboxylic acids is 1. The van der Waals surface area contributed by atoms with Gasteiger partial charge in [-0.15, -0.1) is 0 Å². The summed E-state index contributed by atoms with van der Waals surface area (Å²) >= 11 is 0. The summed E-state index contributed by atoms with van der Waals surface area (Å²) in [5.74, 6) is -1.62. The number of benzene rings is 1. The summed E-state index contributed by atoms with van der Waals surface area (Å²) in [6.07, 6.45) is 2.32. The maximum absolute atomic E-state index is 12.5. The number of hydrogen-bond donors (Lipinski definition) is 1. The average molecular weight is 367 g/mol. The van der Waals surface area contributed by atoms with Crippen molar-refractivity contribution in [3.05, 3.63) is 46.5 Å². The molecule has 1 heterocycles. The summed E-state index contributed by atoms with van der Waals surface area (Å²) in [4.78, 5) is 23.7. The second kappa shape index (κ2) is 9.15. The van der Waals surface area contributed by atoms with E-state index in [-0.39, 0.29) is 47.6 Å². The first-order valence-electron chi connectivity index (χ1n) is 8.50. The zero-order chi connectivity index (χ0) is 17.9. The van der Waals surface area contributed by atoms with Crippen LogP contribution in [0.25, 0.3) is 0 Å². The Morgan fingerprint density at radius 1 is 1.23 bits per heavy atom. The van der Waals surface area contributed by atoms with Gasteiger partial charge in [-0.3, -0.25) is 4.79 Å². The van der Waals surface area contributed by atoms with Crippen molar-refractivity contribution in [3.63, 3.8) is 0 Å². The third kappa shape index (κ3) is 4.21. The van der Waals surface area contributed by atoms with Gasteiger partial charge in [0.05, 0.1) is 25.7 Å². The topological polar surface area (TPSA) is 87.7 Å². The maximum Gasteiger partial charge on any atom is 1.00 e. The first-order chi connectivity index (χ1) is 12.1. The Kier molecular flexibility index (Phi) is 7.43. The van der Waals surface area contributed by atoms with Crippen molar-refractivity contribution in [1.29, 1.82) is 0 Å². The molecule has 1 amide bonds. The third-order valence-electron chi connectivity index (χ3n) is 4.91. The van der Waals surface area contributed by atoms with Gasteiger partial charge in [-0.1, -0.05) is 24.3 Å². The summed E-state index contributed by atoms with van der Waals surface area (Å²) in [6, 6.07) is 7.96. The molecule has 26 heavy (non-hydrogen) atoms. The minimum absolute atomic E-state index is 0. The fourth-order valence-electron chi connectivity index (χ4n) is 3.72. The number of aliphatic carboxylic acids is 1. The summed E-state index contributed by atoms with van der Waals surface area (Å²) in [6.45, 7) is 1.07. The van der Waals surface area contributed by atoms with E-state index in [1.165, 1.54) is 5.56 Å². The van der Waals surface area contributed by atoms with Gasteiger partial charge in [-0.05, 0) is 42.4 Å². The number of rotatable bonds is 6. The van der Waals surface area contributed by atoms with Crippen LogP contribution in [0.2, 0.25) is 0 Å². The molecule has 1 unspecified atom stereocenters. The van der Waals surface area contributed by atoms with Crippen molar-refractivity contribution in [2.45, 2.75) is 31.3 Å². The fourth-order valence-corrected chi connectivity index (χ4v) is 3.72. The van der Waals surface area contributed by atoms with Crippen LogP contribution in [-0.4, -0.2) is 38.7 Å². The molecule has 1 aliphatic carbocycles. The molecular weight excluding hydrogens is 345 g/mol. The molecule has 0 saturated heterocycles. The predicted molar refractivity (Wildman–Crippen MR) is 88.5 cm³/mol. The van der Waals surface area contributed by atoms with E-state index in [9.17, 15) is 14.7 Å². The Balaban J connectivity index is 0.00000243. The number of fused-ring (bicyclic) bond motifs is 1. The van der Waals surface area contributed by atoms with Crippen molar-refractivity contribution in [2.75, 3.05) is 26.9 Å². The SMILES string of the molecule is COCC1(CNC(=O)C2=C(C(=O)[O-])CCC2)OCCc2ccccc21.[Na+]. The first kappa shape index (κ1) is 21.1. The molecule has 1 aromatic carbocycles. The van der Waals surface area contributed by atoms with Crippen molar-refractivity contribution in [3.8, 4) is 0 Å². The summed E-state index contributed by atoms with van der Waals surface area (Å²) in [5, 5.41) is 14.0. The van der Waals surface area contributed by atoms with E-state index in [1.807, 2.05) is 18.2 Å². The molecule has 6 nitrogen and oxygen atoms in total. The summed E-state index contributed by atoms with van der Waals surface area (Å²) in [5.41, 5.74) is 1.85. The van der Waals surface area contributed by atoms with E-state index in [4.69, 9.17) is 9.47 Å². The van der Waals surface area contributed by atoms with Crippen LogP contribution in [0.3, 0.4) is 0 Å². The molecule has 0 fully saturated rings. The molecule has 3 rings (SSSR count). The second-order valence-corrected chi connectivity index (χ2v) is 6.46. The largest absolute Gasteiger partial charge is 1.00 e. The van der Waals surface area contributed by atoms with Gasteiger partial charge >= 0.3 is 29.6 Å². The van der Waals surface area contributed by atoms with Crippen molar-refractivity contribution in [2.24, 2.45) is 0 Å². The smallest absolute Gasteiger partial charge is 0.545 e. The molecule has 0 aromatic heterocycles. The normalized spacial score (nSPS) is 21.7. The number of carbonyl (C=O) groups excluding carboxylic acids is 2. The Morgan fingerprint density at radius 2 is 1.96 bits per heavy atom. The van der Waals surface area contributed by atoms with Gasteiger partial charge in [0.15, 0.2) is 0 Å². The zero-order valence-corrected chi connectivity index (χ0v) is 17.3. The summed E-state index contributed by atoms with van der Waals surface area (Å²) in [7, 11) is 1.60. The fraction of sp³-hybridized carbons (Fsp3) is 0.474. The van der Waals surface area contributed by atoms with Crippen LogP contribution in [0.15, 0.2) is 35.4 Å². The van der Waals surface area contributed by atoms with E-state index in [0.717, 1.165) is 12.0 Å². The van der Waals surface area contributed by atoms with Gasteiger partial charge in [-0.2, -0.15) is 0 Å². The first-order valence-corrected chi connectivity index (χ1v) is 8.50. The van der Waals surface area contributed by atoms with Crippen molar-refractivity contribution < 1.29 is 53.7 Å². The molecule has 2 aliphatic rings. The van der Waals surface area contributed by atoms with E-state index < -0.39 is 11.6 Å². The van der Waals surface area contributed by atoms with Crippen LogP contribution >= 0.6 is 0 Å². The molecule has 0 radical (unpaired) electrons. The number of amides is 1. The molecular formula is C19H22NNaO5. The van der Waals surface area contributed by atoms with Crippen LogP contribution in [0.1, 0.15) is 30.4 Å². The second-order valence-electron chi connectivity index (χ2n) is 6.46. The number of carboxylic acid groups (broad SMARTS) is 1. The van der Waals surface area contributed by atoms with Crippen molar-refractivity contribution >= 4 is 11.9 Å². The predicted octanol–water partition coefficient (Wildman–Crippen LogP) is -2.55. The van der Waals surface area contributed by atoms with E-state index >= 15 is 0 Å². The van der Waals surface area contributed by atoms with E-state index in [2.05, 4.69) is 11.4 Å². The molecule has 134 valence electrons. The molecule has 7 heteroatoms. The van der Waals surface area contributed by atoms with Gasteiger partial charge in [0.1, 0.15) is 5.60 Å². The Hall–Kier alpha value is -1.18. The quantitative estimate of drug-likeness (QED) is 0.560. The number of nitrogens with one attached hydrogen (secondary N) is 1. The molecule has 0 bridgehead atoms. The van der Waals surface area contributed by atoms with Gasteiger partial charge in [0.2, 0.25) is 5.91 Å². The Morgan fingerprint density at radius 3 is 2.69 bits per heavy atom. The summed E-state index contributed by atoms with van der Waals surface area (Å²) < 4.78 is 11.4. The molecule has 1 atom stereocenters. The molecule has 0 saturated carbocycles. The van der Waals surface area contributed by atoms with E-state index in [0.29, 0.717) is 38.0 Å². The van der Waals surface area contributed by atoms with Crippen LogP contribution in [0.4, 0.5) is 0 Å². The van der Waals surface area contributed by atoms with Gasteiger partial charge in [-0.25, -0.2) is 0 Å². The molecule has 1 aromatic rings. The minimum atomic E-state index is -1.26. The molecule has 1 N–H and O–H groups in total. The monoisotopic (exact) mass is 367 g/mol. The van der Waals surface area contributed by atoms with Crippen LogP contribution in [0.5, 0.6) is 0 Å². The Bertz CT molecular complexity index is 718. The Labute approximate surface area is 175 Å². The number of carbonyl (C=O) groups is 2. The van der Waals surface area contributed by atoms with Crippen LogP contribution in [-0.2, 0) is 31.1 Å². The standard InChI is InChI=1S/C19H23NO5.Na/c1-24-12-19(16-8-3-2-5-13(16)9-10-25-19)11-20-17(21)14-6-4-7-15(14)18(22)23;/h2-3,5,8H,4,6-7,9-12H2,1H3,(H,20,21)(H,22,23);/q;+1/p-1. The van der Waals surface area contributed by atoms with Crippen LogP contribution < -0.4 is 40.0 Å². The van der Waals surface area contributed by atoms with Crippen molar-refractivity contribution in [1.82, 2.24) is 5.32 Å².